The number of carbonyl (C=O) groups is 2. The number of H-pyrrole nitrogens is 1. The summed E-state index contributed by atoms with van der Waals surface area (Å²) in [4.78, 5) is 27.7. The van der Waals surface area contributed by atoms with Crippen molar-refractivity contribution in [1.82, 2.24) is 4.98 Å². The number of nitrogens with one attached hydrogen (secondary N) is 1. The van der Waals surface area contributed by atoms with Crippen LogP contribution in [0.1, 0.15) is 40.9 Å². The number of ketones is 1. The summed E-state index contributed by atoms with van der Waals surface area (Å²) in [6, 6.07) is 11.6. The van der Waals surface area contributed by atoms with Crippen molar-refractivity contribution >= 4 is 28.7 Å². The number of benzene rings is 2. The maximum Gasteiger partial charge on any atom is 0.344 e. The highest BCUT2D eigenvalue weighted by molar-refractivity contribution is 6.12. The lowest BCUT2D eigenvalue weighted by atomic mass is 9.98. The second-order valence-corrected chi connectivity index (χ2v) is 6.98. The molecule has 0 unspecified atom stereocenters. The number of hydrogen-bond donors (Lipinski definition) is 1. The molecule has 3 aromatic rings. The Morgan fingerprint density at radius 2 is 1.79 bits per heavy atom. The van der Waals surface area contributed by atoms with E-state index in [0.717, 1.165) is 27.6 Å². The maximum absolute atomic E-state index is 13.0. The topological polar surface area (TPSA) is 68.4 Å². The molecule has 0 amide bonds. The fourth-order valence-electron chi connectivity index (χ4n) is 3.38. The predicted molar refractivity (Wildman–Crippen MR) is 114 cm³/mol. The second kappa shape index (κ2) is 8.78. The van der Waals surface area contributed by atoms with Gasteiger partial charge < -0.3 is 14.5 Å². The Morgan fingerprint density at radius 1 is 1.10 bits per heavy atom. The van der Waals surface area contributed by atoms with Crippen molar-refractivity contribution < 1.29 is 19.1 Å². The molecule has 0 aliphatic carbocycles. The molecule has 3 rings (SSSR count). The fourth-order valence-corrected chi connectivity index (χ4v) is 3.38. The van der Waals surface area contributed by atoms with Crippen LogP contribution < -0.4 is 4.74 Å². The van der Waals surface area contributed by atoms with Gasteiger partial charge in [-0.3, -0.25) is 4.79 Å². The largest absolute Gasteiger partial charge is 0.481 e. The van der Waals surface area contributed by atoms with Gasteiger partial charge in [-0.15, -0.1) is 0 Å². The Morgan fingerprint density at radius 3 is 2.48 bits per heavy atom. The monoisotopic (exact) mass is 391 g/mol. The van der Waals surface area contributed by atoms with Crippen molar-refractivity contribution in [2.24, 2.45) is 0 Å². The summed E-state index contributed by atoms with van der Waals surface area (Å²) >= 11 is 0. The summed E-state index contributed by atoms with van der Waals surface area (Å²) in [5.41, 5.74) is 4.86. The van der Waals surface area contributed by atoms with Gasteiger partial charge in [-0.05, 0) is 68.7 Å². The Bertz CT molecular complexity index is 1070. The SMILES string of the molecule is CCOC(=O)COc1c(C)cc(C(=O)C(C)=Cc2c[nH]c3ccccc23)cc1C. The van der Waals surface area contributed by atoms with Gasteiger partial charge in [0.05, 0.1) is 6.61 Å². The number of para-hydroxylation sites is 1. The van der Waals surface area contributed by atoms with Gasteiger partial charge in [0, 0.05) is 28.2 Å². The molecular formula is C24H25NO4. The van der Waals surface area contributed by atoms with Gasteiger partial charge in [0.25, 0.3) is 0 Å². The van der Waals surface area contributed by atoms with E-state index in [0.29, 0.717) is 23.5 Å². The van der Waals surface area contributed by atoms with E-state index in [4.69, 9.17) is 9.47 Å². The van der Waals surface area contributed by atoms with Crippen LogP contribution in [0.25, 0.3) is 17.0 Å². The predicted octanol–water partition coefficient (Wildman–Crippen LogP) is 5.01. The van der Waals surface area contributed by atoms with Gasteiger partial charge in [0.15, 0.2) is 12.4 Å². The lowest BCUT2D eigenvalue weighted by molar-refractivity contribution is -0.145. The number of Topliss-reactive ketones (excluding diaryl/α,β-unsaturated/α-hetero) is 1. The highest BCUT2D eigenvalue weighted by Gasteiger charge is 2.15. The first-order valence-corrected chi connectivity index (χ1v) is 9.59. The molecule has 0 saturated heterocycles. The van der Waals surface area contributed by atoms with E-state index in [-0.39, 0.29) is 12.4 Å². The average Bonchev–Trinajstić information content (AvgIpc) is 3.09. The highest BCUT2D eigenvalue weighted by atomic mass is 16.6. The minimum Gasteiger partial charge on any atom is -0.481 e. The van der Waals surface area contributed by atoms with Gasteiger partial charge in [0.1, 0.15) is 5.75 Å². The van der Waals surface area contributed by atoms with Crippen LogP contribution in [0, 0.1) is 13.8 Å². The molecule has 0 spiro atoms. The Hall–Kier alpha value is -3.34. The number of allylic oxidation sites excluding steroid dienone is 1. The molecule has 0 aliphatic rings. The molecule has 0 fully saturated rings. The molecule has 0 radical (unpaired) electrons. The zero-order chi connectivity index (χ0) is 21.0. The van der Waals surface area contributed by atoms with Crippen LogP contribution in [0.4, 0.5) is 0 Å². The van der Waals surface area contributed by atoms with Crippen molar-refractivity contribution in [3.63, 3.8) is 0 Å². The number of aromatic nitrogens is 1. The summed E-state index contributed by atoms with van der Waals surface area (Å²) in [6.07, 6.45) is 3.81. The van der Waals surface area contributed by atoms with Crippen LogP contribution in [-0.4, -0.2) is 30.0 Å². The van der Waals surface area contributed by atoms with Gasteiger partial charge in [0.2, 0.25) is 0 Å². The molecule has 5 heteroatoms. The third-order valence-electron chi connectivity index (χ3n) is 4.71. The van der Waals surface area contributed by atoms with E-state index < -0.39 is 5.97 Å². The average molecular weight is 391 g/mol. The standard InChI is InChI=1S/C24H25NO4/c1-5-28-22(26)14-29-24-16(3)11-18(12-17(24)4)23(27)15(2)10-19-13-25-21-9-7-6-8-20(19)21/h6-13,25H,5,14H2,1-4H3. The summed E-state index contributed by atoms with van der Waals surface area (Å²) in [5.74, 6) is 0.148. The molecule has 150 valence electrons. The lowest BCUT2D eigenvalue weighted by Crippen LogP contribution is -2.15. The lowest BCUT2D eigenvalue weighted by Gasteiger charge is -2.13. The van der Waals surface area contributed by atoms with Gasteiger partial charge in [-0.1, -0.05) is 18.2 Å². The van der Waals surface area contributed by atoms with Crippen molar-refractivity contribution in [3.8, 4) is 5.75 Å². The zero-order valence-corrected chi connectivity index (χ0v) is 17.2. The number of ether oxygens (including phenoxy) is 2. The van der Waals surface area contributed by atoms with Crippen LogP contribution in [0.2, 0.25) is 0 Å². The van der Waals surface area contributed by atoms with Crippen LogP contribution in [0.3, 0.4) is 0 Å². The molecule has 2 aromatic carbocycles. The molecule has 1 heterocycles. The molecule has 1 N–H and O–H groups in total. The van der Waals surface area contributed by atoms with E-state index in [1.165, 1.54) is 0 Å². The normalized spacial score (nSPS) is 11.5. The number of esters is 1. The first-order valence-electron chi connectivity index (χ1n) is 9.59. The van der Waals surface area contributed by atoms with Gasteiger partial charge in [-0.2, -0.15) is 0 Å². The van der Waals surface area contributed by atoms with Crippen molar-refractivity contribution in [3.05, 3.63) is 70.4 Å². The third-order valence-corrected chi connectivity index (χ3v) is 4.71. The van der Waals surface area contributed by atoms with Crippen LogP contribution in [0.15, 0.2) is 48.2 Å². The first kappa shape index (κ1) is 20.4. The maximum atomic E-state index is 13.0. The van der Waals surface area contributed by atoms with Crippen LogP contribution >= 0.6 is 0 Å². The number of hydrogen-bond acceptors (Lipinski definition) is 4. The van der Waals surface area contributed by atoms with Crippen LogP contribution in [-0.2, 0) is 9.53 Å². The summed E-state index contributed by atoms with van der Waals surface area (Å²) in [6.45, 7) is 7.46. The van der Waals surface area contributed by atoms with E-state index in [1.807, 2.05) is 57.3 Å². The molecule has 1 aromatic heterocycles. The summed E-state index contributed by atoms with van der Waals surface area (Å²) < 4.78 is 10.5. The molecule has 0 atom stereocenters. The van der Waals surface area contributed by atoms with Crippen molar-refractivity contribution in [2.45, 2.75) is 27.7 Å². The van der Waals surface area contributed by atoms with Crippen LogP contribution in [0.5, 0.6) is 5.75 Å². The quantitative estimate of drug-likeness (QED) is 0.349. The van der Waals surface area contributed by atoms with E-state index >= 15 is 0 Å². The first-order chi connectivity index (χ1) is 13.9. The van der Waals surface area contributed by atoms with Crippen molar-refractivity contribution in [1.29, 1.82) is 0 Å². The molecule has 5 nitrogen and oxygen atoms in total. The minimum absolute atomic E-state index is 0.0431. The molecule has 0 aliphatic heterocycles. The van der Waals surface area contributed by atoms with E-state index in [1.54, 1.807) is 19.1 Å². The van der Waals surface area contributed by atoms with E-state index in [2.05, 4.69) is 4.98 Å². The minimum atomic E-state index is -0.413. The number of aryl methyl sites for hydroxylation is 2. The Balaban J connectivity index is 1.82. The Kier molecular flexibility index (Phi) is 6.17. The number of carbonyl (C=O) groups excluding carboxylic acids is 2. The van der Waals surface area contributed by atoms with Gasteiger partial charge >= 0.3 is 5.97 Å². The van der Waals surface area contributed by atoms with E-state index in [9.17, 15) is 9.59 Å². The number of rotatable bonds is 7. The Labute approximate surface area is 170 Å². The summed E-state index contributed by atoms with van der Waals surface area (Å²) in [7, 11) is 0. The third kappa shape index (κ3) is 4.57. The molecule has 0 saturated carbocycles. The summed E-state index contributed by atoms with van der Waals surface area (Å²) in [5, 5.41) is 1.08. The van der Waals surface area contributed by atoms with Gasteiger partial charge in [-0.25, -0.2) is 4.79 Å². The second-order valence-electron chi connectivity index (χ2n) is 6.98. The number of fused-ring (bicyclic) bond motifs is 1. The highest BCUT2D eigenvalue weighted by Crippen LogP contribution is 2.27. The zero-order valence-electron chi connectivity index (χ0n) is 17.2. The number of aromatic amines is 1. The van der Waals surface area contributed by atoms with Crippen molar-refractivity contribution in [2.75, 3.05) is 13.2 Å². The molecular weight excluding hydrogens is 366 g/mol. The molecule has 29 heavy (non-hydrogen) atoms. The molecule has 0 bridgehead atoms. The smallest absolute Gasteiger partial charge is 0.344 e. The fraction of sp³-hybridized carbons (Fsp3) is 0.250.